The maximum atomic E-state index is 14.0. The third-order valence-electron chi connectivity index (χ3n) is 7.66. The molecule has 2 fully saturated rings. The molecule has 3 heterocycles. The van der Waals surface area contributed by atoms with Gasteiger partial charge in [0.15, 0.2) is 5.75 Å². The van der Waals surface area contributed by atoms with E-state index in [1.165, 1.54) is 18.2 Å². The van der Waals surface area contributed by atoms with Crippen molar-refractivity contribution in [2.24, 2.45) is 0 Å². The van der Waals surface area contributed by atoms with Crippen LogP contribution in [0.25, 0.3) is 0 Å². The molecule has 2 aromatic rings. The van der Waals surface area contributed by atoms with Crippen molar-refractivity contribution in [1.29, 1.82) is 0 Å². The summed E-state index contributed by atoms with van der Waals surface area (Å²) < 4.78 is 38.0. The molecule has 2 aliphatic heterocycles. The molecule has 12 heteroatoms. The van der Waals surface area contributed by atoms with Gasteiger partial charge in [0.25, 0.3) is 5.91 Å². The summed E-state index contributed by atoms with van der Waals surface area (Å²) in [5.74, 6) is -1.45. The molecule has 208 valence electrons. The van der Waals surface area contributed by atoms with Crippen molar-refractivity contribution in [2.75, 3.05) is 31.6 Å². The van der Waals surface area contributed by atoms with Crippen LogP contribution in [-0.2, 0) is 19.9 Å². The summed E-state index contributed by atoms with van der Waals surface area (Å²) in [5.41, 5.74) is -0.741. The molecule has 2 saturated heterocycles. The summed E-state index contributed by atoms with van der Waals surface area (Å²) in [6.07, 6.45) is 3.53. The second-order valence-corrected chi connectivity index (χ2v) is 10.7. The van der Waals surface area contributed by atoms with Crippen LogP contribution in [0.5, 0.6) is 5.75 Å². The van der Waals surface area contributed by atoms with Crippen LogP contribution >= 0.6 is 11.6 Å². The maximum Gasteiger partial charge on any atom is 0.387 e. The number of benzene rings is 1. The van der Waals surface area contributed by atoms with E-state index in [4.69, 9.17) is 16.3 Å². The summed E-state index contributed by atoms with van der Waals surface area (Å²) in [6.45, 7) is 2.80. The van der Waals surface area contributed by atoms with E-state index in [0.29, 0.717) is 52.0 Å². The van der Waals surface area contributed by atoms with Gasteiger partial charge in [-0.15, -0.1) is 0 Å². The number of aromatic nitrogens is 2. The monoisotopic (exact) mass is 554 g/mol. The Labute approximate surface area is 225 Å². The van der Waals surface area contributed by atoms with Crippen molar-refractivity contribution in [3.8, 4) is 5.75 Å². The number of carboxylic acid groups (broad SMARTS) is 1. The number of amides is 1. The number of nitrogens with zero attached hydrogens (tertiary/aromatic N) is 3. The third kappa shape index (κ3) is 5.79. The highest BCUT2D eigenvalue weighted by atomic mass is 35.5. The smallest absolute Gasteiger partial charge is 0.387 e. The number of alkyl halides is 2. The molecule has 4 rings (SSSR count). The first-order chi connectivity index (χ1) is 18.1. The third-order valence-corrected chi connectivity index (χ3v) is 7.90. The number of likely N-dealkylation sites (tertiary alicyclic amines) is 1. The Morgan fingerprint density at radius 1 is 1.18 bits per heavy atom. The van der Waals surface area contributed by atoms with Gasteiger partial charge in [-0.3, -0.25) is 19.2 Å². The highest BCUT2D eigenvalue weighted by Crippen LogP contribution is 2.41. The second kappa shape index (κ2) is 11.5. The molecule has 38 heavy (non-hydrogen) atoms. The highest BCUT2D eigenvalue weighted by molar-refractivity contribution is 6.30. The number of halogens is 3. The van der Waals surface area contributed by atoms with E-state index in [1.54, 1.807) is 10.9 Å². The van der Waals surface area contributed by atoms with E-state index in [9.17, 15) is 23.5 Å². The highest BCUT2D eigenvalue weighted by Gasteiger charge is 2.50. The number of aliphatic carboxylic acids is 1. The van der Waals surface area contributed by atoms with Crippen LogP contribution in [0.3, 0.4) is 0 Å². The summed E-state index contributed by atoms with van der Waals surface area (Å²) >= 11 is 5.98. The molecule has 0 unspecified atom stereocenters. The Hall–Kier alpha value is -2.76. The Kier molecular flexibility index (Phi) is 8.59. The van der Waals surface area contributed by atoms with Gasteiger partial charge >= 0.3 is 12.6 Å². The zero-order valence-corrected chi connectivity index (χ0v) is 22.2. The standard InChI is InChI=1S/C26H33ClF2N4O5/c1-17(2)20-5-10-30-33(20)26(23(36)31-19-4-3-18(27)15-21(19)38-24(28)29)6-11-32(12-7-26)25(16-22(34)35)8-13-37-14-9-25/h3-5,10,15,17,24H,6-9,11-14,16H2,1-2H3,(H,31,36)(H,34,35). The Morgan fingerprint density at radius 3 is 2.47 bits per heavy atom. The fourth-order valence-electron chi connectivity index (χ4n) is 5.66. The lowest BCUT2D eigenvalue weighted by molar-refractivity contribution is -0.145. The van der Waals surface area contributed by atoms with E-state index in [-0.39, 0.29) is 28.8 Å². The Bertz CT molecular complexity index is 1140. The number of anilines is 1. The average Bonchev–Trinajstić information content (AvgIpc) is 3.36. The molecule has 1 aromatic heterocycles. The number of hydrogen-bond donors (Lipinski definition) is 2. The molecule has 0 bridgehead atoms. The summed E-state index contributed by atoms with van der Waals surface area (Å²) in [4.78, 5) is 28.0. The van der Waals surface area contributed by atoms with Crippen molar-refractivity contribution >= 4 is 29.2 Å². The van der Waals surface area contributed by atoms with E-state index in [0.717, 1.165) is 5.69 Å². The first kappa shape index (κ1) is 28.3. The fourth-order valence-corrected chi connectivity index (χ4v) is 5.83. The number of carbonyl (C=O) groups excluding carboxylic acids is 1. The van der Waals surface area contributed by atoms with Crippen molar-refractivity contribution in [3.05, 3.63) is 41.2 Å². The molecule has 0 radical (unpaired) electrons. The normalized spacial score (nSPS) is 19.4. The number of nitrogens with one attached hydrogen (secondary N) is 1. The fraction of sp³-hybridized carbons (Fsp3) is 0.577. The lowest BCUT2D eigenvalue weighted by Crippen LogP contribution is -2.61. The lowest BCUT2D eigenvalue weighted by Gasteiger charge is -2.51. The van der Waals surface area contributed by atoms with Gasteiger partial charge in [0.1, 0.15) is 5.54 Å². The van der Waals surface area contributed by atoms with Gasteiger partial charge in [-0.05, 0) is 49.8 Å². The van der Waals surface area contributed by atoms with Gasteiger partial charge in [0.05, 0.1) is 12.1 Å². The minimum absolute atomic E-state index is 0.00628. The van der Waals surface area contributed by atoms with Crippen molar-refractivity contribution in [1.82, 2.24) is 14.7 Å². The van der Waals surface area contributed by atoms with E-state index >= 15 is 0 Å². The van der Waals surface area contributed by atoms with E-state index in [1.807, 2.05) is 19.9 Å². The number of ether oxygens (including phenoxy) is 2. The summed E-state index contributed by atoms with van der Waals surface area (Å²) in [7, 11) is 0. The molecular weight excluding hydrogens is 522 g/mol. The Morgan fingerprint density at radius 2 is 1.87 bits per heavy atom. The quantitative estimate of drug-likeness (QED) is 0.462. The molecule has 9 nitrogen and oxygen atoms in total. The average molecular weight is 555 g/mol. The molecule has 1 aromatic carbocycles. The topological polar surface area (TPSA) is 106 Å². The number of carboxylic acids is 1. The van der Waals surface area contributed by atoms with Crippen molar-refractivity contribution < 1.29 is 33.0 Å². The largest absolute Gasteiger partial charge is 0.481 e. The van der Waals surface area contributed by atoms with Gasteiger partial charge in [0, 0.05) is 54.8 Å². The number of carbonyl (C=O) groups is 2. The molecule has 2 N–H and O–H groups in total. The van der Waals surface area contributed by atoms with Gasteiger partial charge in [-0.2, -0.15) is 13.9 Å². The minimum atomic E-state index is -3.09. The maximum absolute atomic E-state index is 14.0. The van der Waals surface area contributed by atoms with E-state index < -0.39 is 29.6 Å². The van der Waals surface area contributed by atoms with Crippen LogP contribution in [0.1, 0.15) is 57.6 Å². The SMILES string of the molecule is CC(C)c1ccnn1C1(C(=O)Nc2ccc(Cl)cc2OC(F)F)CCN(C2(CC(=O)O)CCOCC2)CC1. The van der Waals surface area contributed by atoms with Crippen molar-refractivity contribution in [2.45, 2.75) is 69.6 Å². The van der Waals surface area contributed by atoms with Crippen LogP contribution in [0.4, 0.5) is 14.5 Å². The van der Waals surface area contributed by atoms with Crippen LogP contribution in [-0.4, -0.2) is 70.1 Å². The minimum Gasteiger partial charge on any atom is -0.481 e. The molecule has 0 spiro atoms. The van der Waals surface area contributed by atoms with Gasteiger partial charge in [-0.25, -0.2) is 0 Å². The van der Waals surface area contributed by atoms with E-state index in [2.05, 4.69) is 20.1 Å². The lowest BCUT2D eigenvalue weighted by atomic mass is 9.79. The molecular formula is C26H33ClF2N4O5. The van der Waals surface area contributed by atoms with Crippen LogP contribution in [0, 0.1) is 0 Å². The predicted molar refractivity (Wildman–Crippen MR) is 137 cm³/mol. The van der Waals surface area contributed by atoms with Crippen LogP contribution in [0.15, 0.2) is 30.5 Å². The van der Waals surface area contributed by atoms with Crippen LogP contribution in [0.2, 0.25) is 5.02 Å². The number of piperidine rings is 1. The van der Waals surface area contributed by atoms with Gasteiger partial charge < -0.3 is 19.9 Å². The number of hydrogen-bond acceptors (Lipinski definition) is 6. The second-order valence-electron chi connectivity index (χ2n) is 10.2. The zero-order valence-electron chi connectivity index (χ0n) is 21.5. The van der Waals surface area contributed by atoms with Gasteiger partial charge in [-0.1, -0.05) is 25.4 Å². The number of rotatable bonds is 9. The molecule has 2 aliphatic rings. The zero-order chi connectivity index (χ0) is 27.5. The van der Waals surface area contributed by atoms with Gasteiger partial charge in [0.2, 0.25) is 0 Å². The molecule has 0 saturated carbocycles. The summed E-state index contributed by atoms with van der Waals surface area (Å²) in [6, 6.07) is 6.01. The predicted octanol–water partition coefficient (Wildman–Crippen LogP) is 4.72. The van der Waals surface area contributed by atoms with Crippen LogP contribution < -0.4 is 10.1 Å². The first-order valence-electron chi connectivity index (χ1n) is 12.7. The first-order valence-corrected chi connectivity index (χ1v) is 13.1. The Balaban J connectivity index is 1.67. The molecule has 0 aliphatic carbocycles. The van der Waals surface area contributed by atoms with Crippen molar-refractivity contribution in [3.63, 3.8) is 0 Å². The summed E-state index contributed by atoms with van der Waals surface area (Å²) in [5, 5.41) is 17.2. The molecule has 0 atom stereocenters. The molecule has 1 amide bonds.